The van der Waals surface area contributed by atoms with Crippen LogP contribution in [0.15, 0.2) is 40.9 Å². The number of carbonyl (C=O) groups is 1. The zero-order chi connectivity index (χ0) is 18.2. The molecule has 3 N–H and O–H groups in total. The van der Waals surface area contributed by atoms with Crippen molar-refractivity contribution in [1.29, 1.82) is 0 Å². The molecular formula is C17H17Br2FN2O3. The third-order valence-electron chi connectivity index (χ3n) is 3.50. The lowest BCUT2D eigenvalue weighted by Gasteiger charge is -2.24. The maximum atomic E-state index is 13.4. The lowest BCUT2D eigenvalue weighted by atomic mass is 10.1. The van der Waals surface area contributed by atoms with Crippen molar-refractivity contribution in [2.45, 2.75) is 6.10 Å². The molecule has 0 aromatic heterocycles. The Hall–Kier alpha value is -1.48. The molecule has 5 nitrogen and oxygen atoms in total. The van der Waals surface area contributed by atoms with Gasteiger partial charge in [0.15, 0.2) is 28.3 Å². The van der Waals surface area contributed by atoms with Crippen LogP contribution >= 0.6 is 32.2 Å². The Kier molecular flexibility index (Phi) is 7.83. The molecule has 1 fully saturated rings. The summed E-state index contributed by atoms with van der Waals surface area (Å²) in [5, 5.41) is 3.15. The number of para-hydroxylation sites is 1. The van der Waals surface area contributed by atoms with Crippen molar-refractivity contribution < 1.29 is 17.8 Å². The number of nitrogen functional groups attached to an aromatic ring is 1. The Balaban J connectivity index is 0.000000186. The predicted molar refractivity (Wildman–Crippen MR) is 101 cm³/mol. The summed E-state index contributed by atoms with van der Waals surface area (Å²) >= 11 is 6.05. The van der Waals surface area contributed by atoms with E-state index in [1.54, 1.807) is 30.3 Å². The largest absolute Gasteiger partial charge is 0.416 e. The molecule has 2 aromatic carbocycles. The Labute approximate surface area is 162 Å². The van der Waals surface area contributed by atoms with Crippen LogP contribution in [-0.2, 0) is 4.74 Å². The summed E-state index contributed by atoms with van der Waals surface area (Å²) in [5.74, 6) is 0.209. The minimum absolute atomic E-state index is 0.190. The number of hydrogen-bond acceptors (Lipinski definition) is 5. The van der Waals surface area contributed by atoms with Gasteiger partial charge in [0.25, 0.3) is 0 Å². The number of hydrogen-bond donors (Lipinski definition) is 2. The summed E-state index contributed by atoms with van der Waals surface area (Å²) in [6.45, 7) is 2.10. The zero-order valence-corrected chi connectivity index (χ0v) is 16.3. The second-order valence-corrected chi connectivity index (χ2v) is 6.38. The van der Waals surface area contributed by atoms with Crippen LogP contribution in [0, 0.1) is 5.82 Å². The van der Waals surface area contributed by atoms with E-state index >= 15 is 0 Å². The van der Waals surface area contributed by atoms with Crippen LogP contribution in [0.25, 0.3) is 0 Å². The third kappa shape index (κ3) is 5.50. The van der Waals surface area contributed by atoms with E-state index in [-0.39, 0.29) is 11.9 Å². The van der Waals surface area contributed by atoms with Gasteiger partial charge < -0.3 is 19.6 Å². The number of anilines is 1. The van der Waals surface area contributed by atoms with E-state index < -0.39 is 0 Å². The van der Waals surface area contributed by atoms with Crippen molar-refractivity contribution >= 4 is 44.2 Å². The number of ether oxygens (including phenoxy) is 1. The average molecular weight is 476 g/mol. The van der Waals surface area contributed by atoms with Gasteiger partial charge in [-0.25, -0.2) is 4.39 Å². The lowest BCUT2D eigenvalue weighted by Crippen LogP contribution is -2.33. The minimum atomic E-state index is -0.293. The number of halogens is 3. The van der Waals surface area contributed by atoms with Crippen LogP contribution in [0.1, 0.15) is 22.0 Å². The summed E-state index contributed by atoms with van der Waals surface area (Å²) in [4.78, 5) is 10.4. The van der Waals surface area contributed by atoms with Gasteiger partial charge in [-0.1, -0.05) is 12.1 Å². The van der Waals surface area contributed by atoms with E-state index in [4.69, 9.17) is 14.3 Å². The monoisotopic (exact) mass is 474 g/mol. The maximum Gasteiger partial charge on any atom is 0.179 e. The maximum absolute atomic E-state index is 13.4. The molecule has 0 spiro atoms. The molecule has 1 saturated heterocycles. The van der Waals surface area contributed by atoms with Crippen LogP contribution in [0.4, 0.5) is 10.1 Å². The van der Waals surface area contributed by atoms with Gasteiger partial charge in [0.05, 0.1) is 22.7 Å². The molecule has 1 heterocycles. The molecule has 2 aromatic rings. The predicted octanol–water partition coefficient (Wildman–Crippen LogP) is 4.02. The van der Waals surface area contributed by atoms with E-state index in [2.05, 4.69) is 37.5 Å². The summed E-state index contributed by atoms with van der Waals surface area (Å²) < 4.78 is 24.4. The van der Waals surface area contributed by atoms with Gasteiger partial charge in [-0.2, -0.15) is 0 Å². The Morgan fingerprint density at radius 3 is 2.72 bits per heavy atom. The van der Waals surface area contributed by atoms with Gasteiger partial charge in [0, 0.05) is 24.3 Å². The lowest BCUT2D eigenvalue weighted by molar-refractivity contribution is 0.0255. The fourth-order valence-electron chi connectivity index (χ4n) is 2.27. The first kappa shape index (κ1) is 19.8. The first-order valence-electron chi connectivity index (χ1n) is 7.46. The fourth-order valence-corrected chi connectivity index (χ4v) is 3.31. The summed E-state index contributed by atoms with van der Waals surface area (Å²) in [6.07, 6.45) is 0.547. The van der Waals surface area contributed by atoms with Gasteiger partial charge in [-0.3, -0.25) is 4.79 Å². The highest BCUT2D eigenvalue weighted by molar-refractivity contribution is 9.10. The van der Waals surface area contributed by atoms with Crippen LogP contribution in [-0.4, -0.2) is 26.0 Å². The molecule has 0 radical (unpaired) electrons. The first-order valence-corrected chi connectivity index (χ1v) is 8.90. The van der Waals surface area contributed by atoms with Gasteiger partial charge in [-0.05, 0) is 40.2 Å². The minimum Gasteiger partial charge on any atom is -0.416 e. The van der Waals surface area contributed by atoms with Crippen LogP contribution < -0.4 is 14.9 Å². The molecule has 0 aliphatic carbocycles. The molecule has 1 atom stereocenters. The molecule has 134 valence electrons. The third-order valence-corrected chi connectivity index (χ3v) is 4.45. The van der Waals surface area contributed by atoms with Crippen LogP contribution in [0.5, 0.6) is 5.75 Å². The summed E-state index contributed by atoms with van der Waals surface area (Å²) in [5.41, 5.74) is 6.99. The van der Waals surface area contributed by atoms with E-state index in [1.807, 2.05) is 0 Å². The van der Waals surface area contributed by atoms with Gasteiger partial charge in [0.1, 0.15) is 5.82 Å². The molecule has 8 heteroatoms. The number of morpholine rings is 1. The van der Waals surface area contributed by atoms with E-state index in [0.29, 0.717) is 35.7 Å². The molecule has 0 bridgehead atoms. The number of rotatable bonds is 3. The average Bonchev–Trinajstić information content (AvgIpc) is 2.62. The highest BCUT2D eigenvalue weighted by atomic mass is 79.9. The van der Waals surface area contributed by atoms with Gasteiger partial charge in [-0.15, -0.1) is 0 Å². The van der Waals surface area contributed by atoms with E-state index in [1.165, 1.54) is 6.07 Å². The van der Waals surface area contributed by atoms with Crippen molar-refractivity contribution in [3.8, 4) is 5.75 Å². The van der Waals surface area contributed by atoms with E-state index in [9.17, 15) is 9.18 Å². The quantitative estimate of drug-likeness (QED) is 0.518. The van der Waals surface area contributed by atoms with Gasteiger partial charge in [0.2, 0.25) is 0 Å². The highest BCUT2D eigenvalue weighted by Gasteiger charge is 2.18. The summed E-state index contributed by atoms with van der Waals surface area (Å²) in [7, 11) is 0. The number of nitrogens with two attached hydrogens (primary N) is 1. The SMILES string of the molecule is Nc1ccc(C2CNCCO2)c(F)c1.O=Cc1cccc(Br)c1OBr. The van der Waals surface area contributed by atoms with Crippen molar-refractivity contribution in [2.75, 3.05) is 25.4 Å². The number of aldehydes is 1. The first-order chi connectivity index (χ1) is 12.1. The molecule has 25 heavy (non-hydrogen) atoms. The normalized spacial score (nSPS) is 16.5. The van der Waals surface area contributed by atoms with Crippen molar-refractivity contribution in [1.82, 2.24) is 5.32 Å². The molecule has 3 rings (SSSR count). The number of benzene rings is 2. The molecule has 1 unspecified atom stereocenters. The molecular weight excluding hydrogens is 459 g/mol. The Morgan fingerprint density at radius 1 is 1.36 bits per heavy atom. The van der Waals surface area contributed by atoms with Crippen molar-refractivity contribution in [3.63, 3.8) is 0 Å². The Bertz CT molecular complexity index is 725. The Morgan fingerprint density at radius 2 is 2.16 bits per heavy atom. The number of nitrogens with one attached hydrogen (secondary N) is 1. The summed E-state index contributed by atoms with van der Waals surface area (Å²) in [6, 6.07) is 9.94. The standard InChI is InChI=1S/C10H13FN2O.C7H4Br2O2/c11-9-5-7(12)1-2-8(9)10-6-13-3-4-14-10;8-6-3-1-2-5(4-10)7(6)11-9/h1-2,5,10,13H,3-4,6,12H2;1-4H. The van der Waals surface area contributed by atoms with Gasteiger partial charge >= 0.3 is 0 Å². The molecule has 1 aliphatic rings. The van der Waals surface area contributed by atoms with E-state index in [0.717, 1.165) is 17.3 Å². The van der Waals surface area contributed by atoms with Crippen LogP contribution in [0.3, 0.4) is 0 Å². The highest BCUT2D eigenvalue weighted by Crippen LogP contribution is 2.29. The molecule has 0 saturated carbocycles. The molecule has 0 amide bonds. The second-order valence-electron chi connectivity index (χ2n) is 5.20. The fraction of sp³-hybridized carbons (Fsp3) is 0.235. The topological polar surface area (TPSA) is 73.6 Å². The second kappa shape index (κ2) is 9.86. The smallest absolute Gasteiger partial charge is 0.179 e. The zero-order valence-electron chi connectivity index (χ0n) is 13.2. The van der Waals surface area contributed by atoms with Crippen molar-refractivity contribution in [2.24, 2.45) is 0 Å². The number of carbonyl (C=O) groups excluding carboxylic acids is 1. The van der Waals surface area contributed by atoms with Crippen LogP contribution in [0.2, 0.25) is 0 Å². The molecule has 1 aliphatic heterocycles. The van der Waals surface area contributed by atoms with Crippen molar-refractivity contribution in [3.05, 3.63) is 57.8 Å².